The van der Waals surface area contributed by atoms with Crippen molar-refractivity contribution in [2.24, 2.45) is 0 Å². The normalized spacial score (nSPS) is 30.4. The first-order chi connectivity index (χ1) is 14.6. The smallest absolute Gasteiger partial charge is 0.145 e. The van der Waals surface area contributed by atoms with Crippen LogP contribution in [0, 0.1) is 0 Å². The van der Waals surface area contributed by atoms with Gasteiger partial charge in [-0.3, -0.25) is 0 Å². The van der Waals surface area contributed by atoms with Crippen LogP contribution in [0.5, 0.6) is 0 Å². The van der Waals surface area contributed by atoms with Crippen LogP contribution in [0.3, 0.4) is 0 Å². The van der Waals surface area contributed by atoms with Gasteiger partial charge in [-0.1, -0.05) is 107 Å². The van der Waals surface area contributed by atoms with Crippen molar-refractivity contribution in [3.8, 4) is 0 Å². The number of benzene rings is 1. The van der Waals surface area contributed by atoms with Gasteiger partial charge in [-0.25, -0.2) is 0 Å². The van der Waals surface area contributed by atoms with Crippen molar-refractivity contribution in [1.29, 1.82) is 0 Å². The van der Waals surface area contributed by atoms with Crippen LogP contribution in [0.2, 0.25) is 0 Å². The van der Waals surface area contributed by atoms with Crippen molar-refractivity contribution in [3.63, 3.8) is 0 Å². The molecule has 0 aromatic heterocycles. The van der Waals surface area contributed by atoms with Crippen LogP contribution in [-0.2, 0) is 44.2 Å². The van der Waals surface area contributed by atoms with Gasteiger partial charge in [0.05, 0.1) is 13.2 Å². The van der Waals surface area contributed by atoms with Crippen LogP contribution < -0.4 is 0 Å². The largest absolute Gasteiger partial charge is 0.338 e. The second-order valence-corrected chi connectivity index (χ2v) is 21.2. The quantitative estimate of drug-likeness (QED) is 0.369. The Hall–Kier alpha value is 0.1000. The van der Waals surface area contributed by atoms with Crippen LogP contribution in [-0.4, -0.2) is 13.2 Å². The average Bonchev–Trinajstić information content (AvgIpc) is 3.48. The van der Waals surface area contributed by atoms with Crippen molar-refractivity contribution in [3.05, 3.63) is 82.5 Å². The van der Waals surface area contributed by atoms with Crippen molar-refractivity contribution in [2.75, 3.05) is 13.2 Å². The van der Waals surface area contributed by atoms with Gasteiger partial charge in [0.2, 0.25) is 0 Å². The molecule has 30 heavy (non-hydrogen) atoms. The van der Waals surface area contributed by atoms with Gasteiger partial charge >= 0.3 is 0 Å². The Labute approximate surface area is 198 Å². The first kappa shape index (κ1) is 23.3. The molecule has 0 saturated carbocycles. The minimum Gasteiger partial charge on any atom is -0.338 e. The lowest BCUT2D eigenvalue weighted by molar-refractivity contribution is 0.302. The van der Waals surface area contributed by atoms with E-state index in [0.29, 0.717) is 13.2 Å². The Morgan fingerprint density at radius 3 is 1.70 bits per heavy atom. The molecule has 0 radical (unpaired) electrons. The molecule has 1 aromatic rings. The maximum Gasteiger partial charge on any atom is 0.145 e. The Kier molecular flexibility index (Phi) is 8.38. The SMILES string of the molecule is S=P1(C2=CC=CC2)OCCCCOP(=S)(C2=CC=CC2)SCc2cccc(c2)CS1. The minimum absolute atomic E-state index is 0.686. The molecule has 1 heterocycles. The van der Waals surface area contributed by atoms with Crippen LogP contribution in [0.15, 0.2) is 71.3 Å². The van der Waals surface area contributed by atoms with Crippen molar-refractivity contribution in [2.45, 2.75) is 37.2 Å². The van der Waals surface area contributed by atoms with E-state index < -0.39 is 10.9 Å². The van der Waals surface area contributed by atoms with E-state index in [1.54, 1.807) is 0 Å². The molecule has 2 bridgehead atoms. The Morgan fingerprint density at radius 2 is 1.27 bits per heavy atom. The summed E-state index contributed by atoms with van der Waals surface area (Å²) in [5.74, 6) is 1.76. The van der Waals surface area contributed by atoms with Gasteiger partial charge in [0.1, 0.15) is 10.9 Å². The molecular weight excluding hydrogens is 486 g/mol. The molecule has 1 aromatic carbocycles. The summed E-state index contributed by atoms with van der Waals surface area (Å²) in [4.78, 5) is 0. The lowest BCUT2D eigenvalue weighted by Crippen LogP contribution is -1.98. The van der Waals surface area contributed by atoms with Gasteiger partial charge in [0.25, 0.3) is 0 Å². The standard InChI is InChI=1S/C22H26O2P2S4/c27-25(21-10-1-2-11-21)23-14-5-6-15-24-26(28,22-12-3-4-13-22)30-18-20-9-7-8-19(16-20)17-29-25/h1-4,7-10,12,16H,5-6,11,13-15,17-18H2. The summed E-state index contributed by atoms with van der Waals surface area (Å²) in [6, 6.07) is 8.82. The molecule has 0 N–H and O–H groups in total. The molecule has 2 aliphatic carbocycles. The molecule has 2 atom stereocenters. The number of hydrogen-bond acceptors (Lipinski definition) is 6. The fraction of sp³-hybridized carbons (Fsp3) is 0.364. The van der Waals surface area contributed by atoms with E-state index in [4.69, 9.17) is 32.7 Å². The maximum absolute atomic E-state index is 6.39. The zero-order valence-electron chi connectivity index (χ0n) is 16.8. The molecule has 0 amide bonds. The Balaban J connectivity index is 1.54. The van der Waals surface area contributed by atoms with E-state index in [-0.39, 0.29) is 0 Å². The number of hydrogen-bond donors (Lipinski definition) is 0. The lowest BCUT2D eigenvalue weighted by Gasteiger charge is -2.24. The van der Waals surface area contributed by atoms with Crippen LogP contribution >= 0.6 is 33.7 Å². The molecule has 3 aliphatic rings. The Bertz CT molecular complexity index is 921. The highest BCUT2D eigenvalue weighted by Gasteiger charge is 2.27. The summed E-state index contributed by atoms with van der Waals surface area (Å²) in [7, 11) is 0. The summed E-state index contributed by atoms with van der Waals surface area (Å²) in [6.45, 7) is 1.37. The van der Waals surface area contributed by atoms with Gasteiger partial charge in [0.15, 0.2) is 0 Å². The second-order valence-electron chi connectivity index (χ2n) is 7.32. The van der Waals surface area contributed by atoms with E-state index in [0.717, 1.165) is 37.2 Å². The molecule has 160 valence electrons. The average molecular weight is 513 g/mol. The zero-order valence-corrected chi connectivity index (χ0v) is 21.8. The highest BCUT2D eigenvalue weighted by Crippen LogP contribution is 2.70. The molecule has 2 unspecified atom stereocenters. The molecule has 8 heteroatoms. The highest BCUT2D eigenvalue weighted by molar-refractivity contribution is 8.70. The Morgan fingerprint density at radius 1 is 0.767 bits per heavy atom. The van der Waals surface area contributed by atoms with Crippen LogP contribution in [0.1, 0.15) is 36.8 Å². The first-order valence-corrected chi connectivity index (χ1v) is 18.8. The van der Waals surface area contributed by atoms with Gasteiger partial charge in [-0.15, -0.1) is 0 Å². The highest BCUT2D eigenvalue weighted by atomic mass is 32.9. The summed E-state index contributed by atoms with van der Waals surface area (Å²) in [5, 5.41) is 2.57. The fourth-order valence-corrected chi connectivity index (χ4v) is 14.0. The van der Waals surface area contributed by atoms with E-state index in [2.05, 4.69) is 60.7 Å². The monoisotopic (exact) mass is 512 g/mol. The third-order valence-corrected chi connectivity index (χ3v) is 18.6. The number of rotatable bonds is 2. The van der Waals surface area contributed by atoms with Crippen LogP contribution in [0.4, 0.5) is 0 Å². The van der Waals surface area contributed by atoms with Gasteiger partial charge in [-0.2, -0.15) is 0 Å². The van der Waals surface area contributed by atoms with E-state index in [1.165, 1.54) is 21.8 Å². The van der Waals surface area contributed by atoms with E-state index in [9.17, 15) is 0 Å². The van der Waals surface area contributed by atoms with Crippen molar-refractivity contribution >= 4 is 57.3 Å². The summed E-state index contributed by atoms with van der Waals surface area (Å²) < 4.78 is 12.8. The van der Waals surface area contributed by atoms with E-state index in [1.807, 2.05) is 22.8 Å². The second kappa shape index (κ2) is 10.8. The summed E-state index contributed by atoms with van der Waals surface area (Å²) >= 11 is 15.9. The third kappa shape index (κ3) is 5.91. The predicted molar refractivity (Wildman–Crippen MR) is 142 cm³/mol. The fourth-order valence-electron chi connectivity index (χ4n) is 3.39. The third-order valence-electron chi connectivity index (χ3n) is 5.06. The van der Waals surface area contributed by atoms with Crippen LogP contribution in [0.25, 0.3) is 0 Å². The predicted octanol–water partition coefficient (Wildman–Crippen LogP) is 8.29. The molecule has 2 nitrogen and oxygen atoms in total. The van der Waals surface area contributed by atoms with Gasteiger partial charge < -0.3 is 9.05 Å². The molecule has 0 saturated heterocycles. The summed E-state index contributed by atoms with van der Waals surface area (Å²) in [5.41, 5.74) is -1.52. The minimum atomic E-state index is -2.06. The molecule has 0 fully saturated rings. The van der Waals surface area contributed by atoms with E-state index >= 15 is 0 Å². The van der Waals surface area contributed by atoms with Crippen molar-refractivity contribution < 1.29 is 9.05 Å². The lowest BCUT2D eigenvalue weighted by atomic mass is 10.2. The molecular formula is C22H26O2P2S4. The first-order valence-electron chi connectivity index (χ1n) is 10.2. The molecule has 4 rings (SSSR count). The molecule has 0 spiro atoms. The van der Waals surface area contributed by atoms with Gasteiger partial charge in [-0.05, 0) is 36.8 Å². The number of fused-ring (bicyclic) bond motifs is 2. The summed E-state index contributed by atoms with van der Waals surface area (Å²) in [6.07, 6.45) is 16.6. The zero-order chi connectivity index (χ0) is 20.9. The maximum atomic E-state index is 6.39. The number of allylic oxidation sites excluding steroid dienone is 8. The van der Waals surface area contributed by atoms with Gasteiger partial charge in [0, 0.05) is 22.1 Å². The van der Waals surface area contributed by atoms with Crippen molar-refractivity contribution in [1.82, 2.24) is 0 Å². The molecule has 1 aliphatic heterocycles. The topological polar surface area (TPSA) is 18.5 Å².